The normalized spacial score (nSPS) is 18.7. The molecule has 2 aliphatic rings. The summed E-state index contributed by atoms with van der Waals surface area (Å²) in [6.45, 7) is 0. The number of aryl methyl sites for hydroxylation is 2. The van der Waals surface area contributed by atoms with Gasteiger partial charge < -0.3 is 4.90 Å². The molecule has 1 aliphatic carbocycles. The number of rotatable bonds is 2. The molecule has 1 atom stereocenters. The molecule has 2 heteroatoms. The van der Waals surface area contributed by atoms with E-state index in [1.807, 2.05) is 0 Å². The minimum Gasteiger partial charge on any atom is -0.339 e. The van der Waals surface area contributed by atoms with E-state index in [0.717, 1.165) is 0 Å². The van der Waals surface area contributed by atoms with Gasteiger partial charge in [0.1, 0.15) is 0 Å². The molecule has 1 aliphatic heterocycles. The van der Waals surface area contributed by atoms with Crippen molar-refractivity contribution in [2.45, 2.75) is 31.7 Å². The molecule has 108 valence electrons. The van der Waals surface area contributed by atoms with Crippen LogP contribution < -0.4 is 4.90 Å². The monoisotopic (exact) mass is 286 g/mol. The molecule has 0 bridgehead atoms. The first-order valence-corrected chi connectivity index (χ1v) is 7.91. The Labute approximate surface area is 131 Å². The van der Waals surface area contributed by atoms with Gasteiger partial charge in [-0.1, -0.05) is 30.3 Å². The number of anilines is 1. The van der Waals surface area contributed by atoms with Crippen molar-refractivity contribution in [2.24, 2.45) is 0 Å². The first kappa shape index (κ1) is 13.2. The van der Waals surface area contributed by atoms with Gasteiger partial charge >= 0.3 is 0 Å². The number of hydrogen-bond acceptors (Lipinski definition) is 2. The topological polar surface area (TPSA) is 27.0 Å². The summed E-state index contributed by atoms with van der Waals surface area (Å²) in [4.78, 5) is 2.25. The lowest BCUT2D eigenvalue weighted by atomic mass is 9.93. The van der Waals surface area contributed by atoms with Gasteiger partial charge in [-0.3, -0.25) is 0 Å². The van der Waals surface area contributed by atoms with Gasteiger partial charge in [0.05, 0.1) is 18.5 Å². The largest absolute Gasteiger partial charge is 0.339 e. The van der Waals surface area contributed by atoms with Gasteiger partial charge in [0.15, 0.2) is 0 Å². The van der Waals surface area contributed by atoms with Crippen LogP contribution in [-0.4, -0.2) is 0 Å². The summed E-state index contributed by atoms with van der Waals surface area (Å²) in [5.74, 6) is 0. The number of benzene rings is 2. The van der Waals surface area contributed by atoms with Crippen LogP contribution in [0.15, 0.2) is 48.7 Å². The second-order valence-corrected chi connectivity index (χ2v) is 6.04. The van der Waals surface area contributed by atoms with E-state index in [1.165, 1.54) is 47.2 Å². The van der Waals surface area contributed by atoms with Crippen molar-refractivity contribution in [3.63, 3.8) is 0 Å². The maximum Gasteiger partial charge on any atom is 0.0721 e. The van der Waals surface area contributed by atoms with Gasteiger partial charge in [0.2, 0.25) is 0 Å². The summed E-state index contributed by atoms with van der Waals surface area (Å²) in [7, 11) is 0. The average molecular weight is 286 g/mol. The Morgan fingerprint density at radius 3 is 2.86 bits per heavy atom. The first-order chi connectivity index (χ1) is 10.9. The minimum atomic E-state index is 0.102. The van der Waals surface area contributed by atoms with E-state index in [-0.39, 0.29) is 6.04 Å². The lowest BCUT2D eigenvalue weighted by molar-refractivity contribution is 0.702. The summed E-state index contributed by atoms with van der Waals surface area (Å²) in [5.41, 5.74) is 6.63. The van der Waals surface area contributed by atoms with Crippen molar-refractivity contribution in [1.29, 1.82) is 5.26 Å². The molecule has 0 fully saturated rings. The lowest BCUT2D eigenvalue weighted by Crippen LogP contribution is -2.26. The molecular formula is C20H18N2. The minimum absolute atomic E-state index is 0.102. The van der Waals surface area contributed by atoms with Gasteiger partial charge in [-0.05, 0) is 59.7 Å². The van der Waals surface area contributed by atoms with Crippen molar-refractivity contribution in [1.82, 2.24) is 0 Å². The number of nitriles is 1. The Hall–Kier alpha value is -2.53. The third kappa shape index (κ3) is 2.10. The van der Waals surface area contributed by atoms with Gasteiger partial charge in [-0.2, -0.15) is 5.26 Å². The highest BCUT2D eigenvalue weighted by Crippen LogP contribution is 2.37. The van der Waals surface area contributed by atoms with Crippen LogP contribution in [0, 0.1) is 11.3 Å². The van der Waals surface area contributed by atoms with Crippen LogP contribution in [0.1, 0.15) is 41.1 Å². The molecule has 0 radical (unpaired) electrons. The standard InChI is InChI=1S/C20H18N2/c21-12-10-20-19-7-2-1-4-16(19)11-13-22(20)18-9-8-15-5-3-6-17(15)14-18/h1-2,4,7-9,11,13-14,20H,3,5-6,10H2. The molecule has 22 heavy (non-hydrogen) atoms. The smallest absolute Gasteiger partial charge is 0.0721 e. The summed E-state index contributed by atoms with van der Waals surface area (Å²) in [5, 5.41) is 9.26. The SMILES string of the molecule is N#CCC1c2ccccc2C=CN1c1ccc2c(c1)CCC2. The Kier molecular flexibility index (Phi) is 3.20. The van der Waals surface area contributed by atoms with Crippen LogP contribution in [0.4, 0.5) is 5.69 Å². The molecule has 2 aromatic carbocycles. The first-order valence-electron chi connectivity index (χ1n) is 7.91. The van der Waals surface area contributed by atoms with E-state index >= 15 is 0 Å². The third-order valence-electron chi connectivity index (χ3n) is 4.77. The Morgan fingerprint density at radius 2 is 1.95 bits per heavy atom. The highest BCUT2D eigenvalue weighted by atomic mass is 15.1. The maximum absolute atomic E-state index is 9.26. The van der Waals surface area contributed by atoms with Crippen LogP contribution in [0.5, 0.6) is 0 Å². The third-order valence-corrected chi connectivity index (χ3v) is 4.77. The zero-order valence-electron chi connectivity index (χ0n) is 12.5. The average Bonchev–Trinajstić information content (AvgIpc) is 3.03. The van der Waals surface area contributed by atoms with Crippen LogP contribution in [0.3, 0.4) is 0 Å². The van der Waals surface area contributed by atoms with Crippen molar-refractivity contribution in [2.75, 3.05) is 4.90 Å². The quantitative estimate of drug-likeness (QED) is 0.805. The Morgan fingerprint density at radius 1 is 1.09 bits per heavy atom. The summed E-state index contributed by atoms with van der Waals surface area (Å²) in [6, 6.07) is 17.6. The lowest BCUT2D eigenvalue weighted by Gasteiger charge is -2.34. The van der Waals surface area contributed by atoms with Gasteiger partial charge in [0, 0.05) is 11.9 Å². The van der Waals surface area contributed by atoms with Crippen LogP contribution in [0.25, 0.3) is 6.08 Å². The summed E-state index contributed by atoms with van der Waals surface area (Å²) >= 11 is 0. The fraction of sp³-hybridized carbons (Fsp3) is 0.250. The molecule has 0 aromatic heterocycles. The number of nitrogens with zero attached hydrogens (tertiary/aromatic N) is 2. The predicted octanol–water partition coefficient (Wildman–Crippen LogP) is 4.62. The number of fused-ring (bicyclic) bond motifs is 2. The van der Waals surface area contributed by atoms with Crippen molar-refractivity contribution in [3.05, 3.63) is 70.9 Å². The molecule has 4 rings (SSSR count). The molecule has 0 N–H and O–H groups in total. The maximum atomic E-state index is 9.26. The molecule has 1 heterocycles. The van der Waals surface area contributed by atoms with E-state index in [0.29, 0.717) is 6.42 Å². The van der Waals surface area contributed by atoms with E-state index in [4.69, 9.17) is 0 Å². The van der Waals surface area contributed by atoms with Gasteiger partial charge in [-0.25, -0.2) is 0 Å². The van der Waals surface area contributed by atoms with Crippen LogP contribution >= 0.6 is 0 Å². The molecule has 2 nitrogen and oxygen atoms in total. The molecule has 0 saturated heterocycles. The molecule has 0 saturated carbocycles. The molecule has 0 spiro atoms. The van der Waals surface area contributed by atoms with Crippen molar-refractivity contribution in [3.8, 4) is 6.07 Å². The molecule has 2 aromatic rings. The second-order valence-electron chi connectivity index (χ2n) is 6.04. The van der Waals surface area contributed by atoms with Crippen LogP contribution in [-0.2, 0) is 12.8 Å². The fourth-order valence-electron chi connectivity index (χ4n) is 3.66. The zero-order valence-corrected chi connectivity index (χ0v) is 12.5. The number of hydrogen-bond donors (Lipinski definition) is 0. The van der Waals surface area contributed by atoms with Crippen LogP contribution in [0.2, 0.25) is 0 Å². The highest BCUT2D eigenvalue weighted by molar-refractivity contribution is 5.67. The molecular weight excluding hydrogens is 268 g/mol. The fourth-order valence-corrected chi connectivity index (χ4v) is 3.66. The van der Waals surface area contributed by atoms with E-state index in [1.54, 1.807) is 0 Å². The zero-order chi connectivity index (χ0) is 14.9. The van der Waals surface area contributed by atoms with Crippen molar-refractivity contribution >= 4 is 11.8 Å². The summed E-state index contributed by atoms with van der Waals surface area (Å²) < 4.78 is 0. The Bertz CT molecular complexity index is 783. The second kappa shape index (κ2) is 5.35. The summed E-state index contributed by atoms with van der Waals surface area (Å²) in [6.07, 6.45) is 8.42. The molecule has 0 amide bonds. The van der Waals surface area contributed by atoms with E-state index < -0.39 is 0 Å². The van der Waals surface area contributed by atoms with E-state index in [9.17, 15) is 5.26 Å². The van der Waals surface area contributed by atoms with Gasteiger partial charge in [-0.15, -0.1) is 0 Å². The van der Waals surface area contributed by atoms with Gasteiger partial charge in [0.25, 0.3) is 0 Å². The van der Waals surface area contributed by atoms with Crippen molar-refractivity contribution < 1.29 is 0 Å². The molecule has 1 unspecified atom stereocenters. The Balaban J connectivity index is 1.77. The van der Waals surface area contributed by atoms with E-state index in [2.05, 4.69) is 65.7 Å². The predicted molar refractivity (Wildman–Crippen MR) is 89.4 cm³/mol. The highest BCUT2D eigenvalue weighted by Gasteiger charge is 2.25.